The molecule has 2 rings (SSSR count). The maximum atomic E-state index is 12.3. The Morgan fingerprint density at radius 1 is 1.32 bits per heavy atom. The third kappa shape index (κ3) is 2.30. The lowest BCUT2D eigenvalue weighted by molar-refractivity contribution is 0.563. The standard InChI is InChI=1S/C16H16N2O/c1-5-13-10-15(14-6-8-17-9-7-14)12(4)18(11(2)3)16(13)19/h1,6-11H,2-4H3. The molecule has 0 saturated carbocycles. The van der Waals surface area contributed by atoms with Gasteiger partial charge >= 0.3 is 0 Å². The Morgan fingerprint density at radius 2 is 1.95 bits per heavy atom. The van der Waals surface area contributed by atoms with Gasteiger partial charge in [0.25, 0.3) is 5.56 Å². The van der Waals surface area contributed by atoms with Crippen LogP contribution in [0.15, 0.2) is 35.4 Å². The summed E-state index contributed by atoms with van der Waals surface area (Å²) in [6.07, 6.45) is 8.90. The van der Waals surface area contributed by atoms with Gasteiger partial charge in [0.15, 0.2) is 0 Å². The highest BCUT2D eigenvalue weighted by Crippen LogP contribution is 2.23. The molecule has 19 heavy (non-hydrogen) atoms. The number of terminal acetylenes is 1. The van der Waals surface area contributed by atoms with Crippen LogP contribution in [-0.2, 0) is 0 Å². The molecule has 0 bridgehead atoms. The lowest BCUT2D eigenvalue weighted by Crippen LogP contribution is -2.26. The molecule has 0 spiro atoms. The van der Waals surface area contributed by atoms with Crippen LogP contribution in [0.5, 0.6) is 0 Å². The number of aromatic nitrogens is 2. The van der Waals surface area contributed by atoms with Gasteiger partial charge in [-0.05, 0) is 44.5 Å². The fraction of sp³-hybridized carbons (Fsp3) is 0.250. The van der Waals surface area contributed by atoms with Crippen LogP contribution >= 0.6 is 0 Å². The van der Waals surface area contributed by atoms with Crippen molar-refractivity contribution >= 4 is 0 Å². The van der Waals surface area contributed by atoms with E-state index >= 15 is 0 Å². The molecule has 2 heterocycles. The van der Waals surface area contributed by atoms with Crippen LogP contribution in [0.3, 0.4) is 0 Å². The molecular weight excluding hydrogens is 236 g/mol. The molecule has 0 aliphatic rings. The van der Waals surface area contributed by atoms with Gasteiger partial charge in [-0.2, -0.15) is 0 Å². The third-order valence-corrected chi connectivity index (χ3v) is 3.15. The van der Waals surface area contributed by atoms with Gasteiger partial charge in [-0.3, -0.25) is 9.78 Å². The summed E-state index contributed by atoms with van der Waals surface area (Å²) in [5.74, 6) is 2.48. The van der Waals surface area contributed by atoms with Crippen LogP contribution in [0.25, 0.3) is 11.1 Å². The normalized spacial score (nSPS) is 10.5. The Kier molecular flexibility index (Phi) is 3.52. The molecule has 3 nitrogen and oxygen atoms in total. The van der Waals surface area contributed by atoms with Crippen molar-refractivity contribution in [1.82, 2.24) is 9.55 Å². The number of pyridine rings is 2. The molecular formula is C16H16N2O. The lowest BCUT2D eigenvalue weighted by atomic mass is 10.0. The summed E-state index contributed by atoms with van der Waals surface area (Å²) in [6, 6.07) is 5.68. The van der Waals surface area contributed by atoms with Gasteiger partial charge in [-0.15, -0.1) is 6.42 Å². The Morgan fingerprint density at radius 3 is 2.47 bits per heavy atom. The molecule has 2 aromatic rings. The average molecular weight is 252 g/mol. The van der Waals surface area contributed by atoms with Crippen molar-refractivity contribution in [2.45, 2.75) is 26.8 Å². The molecule has 0 radical (unpaired) electrons. The van der Waals surface area contributed by atoms with Crippen molar-refractivity contribution < 1.29 is 0 Å². The van der Waals surface area contributed by atoms with Gasteiger partial charge in [0, 0.05) is 29.7 Å². The molecule has 0 unspecified atom stereocenters. The van der Waals surface area contributed by atoms with E-state index in [1.165, 1.54) is 0 Å². The van der Waals surface area contributed by atoms with Gasteiger partial charge in [0.1, 0.15) is 0 Å². The first-order valence-corrected chi connectivity index (χ1v) is 6.19. The highest BCUT2D eigenvalue weighted by Gasteiger charge is 2.13. The molecule has 0 aliphatic heterocycles. The Balaban J connectivity index is 2.81. The zero-order valence-corrected chi connectivity index (χ0v) is 11.3. The zero-order valence-electron chi connectivity index (χ0n) is 11.3. The Bertz CT molecular complexity index is 691. The molecule has 0 fully saturated rings. The quantitative estimate of drug-likeness (QED) is 0.770. The fourth-order valence-corrected chi connectivity index (χ4v) is 2.27. The number of hydrogen-bond donors (Lipinski definition) is 0. The topological polar surface area (TPSA) is 34.9 Å². The maximum absolute atomic E-state index is 12.3. The van der Waals surface area contributed by atoms with Crippen molar-refractivity contribution in [2.75, 3.05) is 0 Å². The molecule has 0 saturated heterocycles. The van der Waals surface area contributed by atoms with Crippen molar-refractivity contribution in [3.8, 4) is 23.5 Å². The minimum atomic E-state index is -0.104. The van der Waals surface area contributed by atoms with E-state index in [-0.39, 0.29) is 11.6 Å². The van der Waals surface area contributed by atoms with Crippen LogP contribution in [0.1, 0.15) is 31.1 Å². The number of nitrogens with zero attached hydrogens (tertiary/aromatic N) is 2. The van der Waals surface area contributed by atoms with E-state index in [1.54, 1.807) is 23.0 Å². The average Bonchev–Trinajstić information content (AvgIpc) is 2.39. The van der Waals surface area contributed by atoms with Crippen LogP contribution < -0.4 is 5.56 Å². The number of rotatable bonds is 2. The lowest BCUT2D eigenvalue weighted by Gasteiger charge is -2.18. The van der Waals surface area contributed by atoms with Crippen LogP contribution in [0.2, 0.25) is 0 Å². The second kappa shape index (κ2) is 5.11. The fourth-order valence-electron chi connectivity index (χ4n) is 2.27. The van der Waals surface area contributed by atoms with E-state index in [0.717, 1.165) is 16.8 Å². The highest BCUT2D eigenvalue weighted by molar-refractivity contribution is 5.67. The molecule has 3 heteroatoms. The van der Waals surface area contributed by atoms with Crippen molar-refractivity contribution in [3.05, 3.63) is 52.2 Å². The predicted molar refractivity (Wildman–Crippen MR) is 77.0 cm³/mol. The van der Waals surface area contributed by atoms with E-state index in [4.69, 9.17) is 6.42 Å². The van der Waals surface area contributed by atoms with E-state index in [1.807, 2.05) is 32.9 Å². The monoisotopic (exact) mass is 252 g/mol. The van der Waals surface area contributed by atoms with Gasteiger partial charge in [-0.1, -0.05) is 5.92 Å². The summed E-state index contributed by atoms with van der Waals surface area (Å²) >= 11 is 0. The first-order chi connectivity index (χ1) is 9.06. The predicted octanol–water partition coefficient (Wildman–Crippen LogP) is 2.78. The largest absolute Gasteiger partial charge is 0.309 e. The Labute approximate surface area is 112 Å². The molecule has 0 aliphatic carbocycles. The first-order valence-electron chi connectivity index (χ1n) is 6.19. The van der Waals surface area contributed by atoms with Crippen LogP contribution in [-0.4, -0.2) is 9.55 Å². The van der Waals surface area contributed by atoms with Gasteiger partial charge in [-0.25, -0.2) is 0 Å². The molecule has 0 atom stereocenters. The summed E-state index contributed by atoms with van der Waals surface area (Å²) < 4.78 is 1.74. The third-order valence-electron chi connectivity index (χ3n) is 3.15. The first kappa shape index (κ1) is 13.1. The van der Waals surface area contributed by atoms with E-state index < -0.39 is 0 Å². The van der Waals surface area contributed by atoms with Crippen LogP contribution in [0, 0.1) is 19.3 Å². The highest BCUT2D eigenvalue weighted by atomic mass is 16.1. The van der Waals surface area contributed by atoms with E-state index in [9.17, 15) is 4.79 Å². The van der Waals surface area contributed by atoms with Crippen molar-refractivity contribution in [3.63, 3.8) is 0 Å². The van der Waals surface area contributed by atoms with Gasteiger partial charge < -0.3 is 4.57 Å². The maximum Gasteiger partial charge on any atom is 0.266 e. The Hall–Kier alpha value is -2.34. The molecule has 2 aromatic heterocycles. The second-order valence-corrected chi connectivity index (χ2v) is 4.71. The second-order valence-electron chi connectivity index (χ2n) is 4.71. The summed E-state index contributed by atoms with van der Waals surface area (Å²) in [4.78, 5) is 16.3. The minimum Gasteiger partial charge on any atom is -0.309 e. The molecule has 96 valence electrons. The van der Waals surface area contributed by atoms with E-state index in [2.05, 4.69) is 10.9 Å². The number of hydrogen-bond acceptors (Lipinski definition) is 2. The molecule has 0 N–H and O–H groups in total. The zero-order chi connectivity index (χ0) is 14.0. The summed E-state index contributed by atoms with van der Waals surface area (Å²) in [5.41, 5.74) is 3.20. The van der Waals surface area contributed by atoms with Gasteiger partial charge in [0.2, 0.25) is 0 Å². The van der Waals surface area contributed by atoms with Crippen LogP contribution in [0.4, 0.5) is 0 Å². The van der Waals surface area contributed by atoms with E-state index in [0.29, 0.717) is 5.56 Å². The van der Waals surface area contributed by atoms with Crippen molar-refractivity contribution in [1.29, 1.82) is 0 Å². The minimum absolute atomic E-state index is 0.0707. The summed E-state index contributed by atoms with van der Waals surface area (Å²) in [7, 11) is 0. The molecule has 0 aromatic carbocycles. The summed E-state index contributed by atoms with van der Waals surface area (Å²) in [6.45, 7) is 5.90. The van der Waals surface area contributed by atoms with Gasteiger partial charge in [0.05, 0.1) is 5.56 Å². The smallest absolute Gasteiger partial charge is 0.266 e. The van der Waals surface area contributed by atoms with Crippen molar-refractivity contribution in [2.24, 2.45) is 0 Å². The molecule has 0 amide bonds. The SMILES string of the molecule is C#Cc1cc(-c2ccncc2)c(C)n(C(C)C)c1=O. The summed E-state index contributed by atoms with van der Waals surface area (Å²) in [5, 5.41) is 0.